The van der Waals surface area contributed by atoms with Crippen LogP contribution >= 0.6 is 0 Å². The van der Waals surface area contributed by atoms with Crippen molar-refractivity contribution in [3.63, 3.8) is 0 Å². The molecule has 1 aromatic heterocycles. The van der Waals surface area contributed by atoms with E-state index in [0.717, 1.165) is 37.7 Å². The van der Waals surface area contributed by atoms with Gasteiger partial charge in [-0.3, -0.25) is 9.59 Å². The van der Waals surface area contributed by atoms with Crippen LogP contribution < -0.4 is 5.56 Å². The molecular formula is C24H31NO5. The number of pyridine rings is 1. The van der Waals surface area contributed by atoms with Crippen LogP contribution in [0.2, 0.25) is 0 Å². The quantitative estimate of drug-likeness (QED) is 0.669. The number of phenols is 1. The number of rotatable bonds is 7. The molecule has 1 atom stereocenters. The number of aryl methyl sites for hydroxylation is 2. The SMILES string of the molecule is COC(=O)C[C@H](c1c(O)cc(C)n(CCc2ccc(O)cc2)c1=O)C1CCCCC1. The Labute approximate surface area is 177 Å². The lowest BCUT2D eigenvalue weighted by molar-refractivity contribution is -0.141. The van der Waals surface area contributed by atoms with Crippen molar-refractivity contribution < 1.29 is 19.7 Å². The van der Waals surface area contributed by atoms with Gasteiger partial charge in [0.15, 0.2) is 0 Å². The van der Waals surface area contributed by atoms with Crippen molar-refractivity contribution >= 4 is 5.97 Å². The molecule has 0 aliphatic heterocycles. The lowest BCUT2D eigenvalue weighted by atomic mass is 9.75. The Kier molecular flexibility index (Phi) is 7.19. The third kappa shape index (κ3) is 5.04. The number of methoxy groups -OCH3 is 1. The lowest BCUT2D eigenvalue weighted by Gasteiger charge is -2.30. The number of aromatic hydroxyl groups is 2. The number of nitrogens with zero attached hydrogens (tertiary/aromatic N) is 1. The lowest BCUT2D eigenvalue weighted by Crippen LogP contribution is -2.31. The maximum Gasteiger partial charge on any atom is 0.306 e. The van der Waals surface area contributed by atoms with E-state index in [0.29, 0.717) is 24.2 Å². The fourth-order valence-electron chi connectivity index (χ4n) is 4.60. The van der Waals surface area contributed by atoms with Crippen LogP contribution in [0, 0.1) is 12.8 Å². The molecule has 1 aliphatic carbocycles. The minimum absolute atomic E-state index is 0.0298. The summed E-state index contributed by atoms with van der Waals surface area (Å²) in [6.07, 6.45) is 5.93. The molecule has 1 heterocycles. The molecule has 6 heteroatoms. The Morgan fingerprint density at radius 1 is 1.17 bits per heavy atom. The van der Waals surface area contributed by atoms with E-state index < -0.39 is 0 Å². The first kappa shape index (κ1) is 21.9. The maximum atomic E-state index is 13.5. The summed E-state index contributed by atoms with van der Waals surface area (Å²) >= 11 is 0. The highest BCUT2D eigenvalue weighted by atomic mass is 16.5. The van der Waals surface area contributed by atoms with Crippen LogP contribution in [0.15, 0.2) is 35.1 Å². The fraction of sp³-hybridized carbons (Fsp3) is 0.500. The molecule has 162 valence electrons. The van der Waals surface area contributed by atoms with Crippen LogP contribution in [0.1, 0.15) is 61.3 Å². The average Bonchev–Trinajstić information content (AvgIpc) is 2.74. The number of benzene rings is 1. The summed E-state index contributed by atoms with van der Waals surface area (Å²) in [6, 6.07) is 8.55. The highest BCUT2D eigenvalue weighted by Gasteiger charge is 2.32. The normalized spacial score (nSPS) is 15.7. The summed E-state index contributed by atoms with van der Waals surface area (Å²) in [6.45, 7) is 2.26. The molecule has 1 fully saturated rings. The molecule has 1 aliphatic rings. The molecular weight excluding hydrogens is 382 g/mol. The van der Waals surface area contributed by atoms with E-state index in [-0.39, 0.29) is 41.3 Å². The summed E-state index contributed by atoms with van der Waals surface area (Å²) in [7, 11) is 1.35. The Morgan fingerprint density at radius 2 is 1.83 bits per heavy atom. The molecule has 6 nitrogen and oxygen atoms in total. The van der Waals surface area contributed by atoms with E-state index in [4.69, 9.17) is 4.74 Å². The van der Waals surface area contributed by atoms with Crippen molar-refractivity contribution in [1.29, 1.82) is 0 Å². The summed E-state index contributed by atoms with van der Waals surface area (Å²) < 4.78 is 6.57. The summed E-state index contributed by atoms with van der Waals surface area (Å²) in [5.41, 5.74) is 1.79. The maximum absolute atomic E-state index is 13.5. The van der Waals surface area contributed by atoms with Crippen molar-refractivity contribution in [2.24, 2.45) is 5.92 Å². The number of phenolic OH excluding ortho intramolecular Hbond substituents is 1. The molecule has 30 heavy (non-hydrogen) atoms. The van der Waals surface area contributed by atoms with Gasteiger partial charge in [-0.05, 0) is 55.9 Å². The topological polar surface area (TPSA) is 88.8 Å². The van der Waals surface area contributed by atoms with Crippen molar-refractivity contribution in [3.8, 4) is 11.5 Å². The van der Waals surface area contributed by atoms with Gasteiger partial charge >= 0.3 is 5.97 Å². The van der Waals surface area contributed by atoms with Crippen LogP contribution in [0.3, 0.4) is 0 Å². The largest absolute Gasteiger partial charge is 0.508 e. The molecule has 2 aromatic rings. The second-order valence-electron chi connectivity index (χ2n) is 8.24. The average molecular weight is 414 g/mol. The monoisotopic (exact) mass is 413 g/mol. The summed E-state index contributed by atoms with van der Waals surface area (Å²) in [5.74, 6) is -0.342. The first-order chi connectivity index (χ1) is 14.4. The minimum Gasteiger partial charge on any atom is -0.508 e. The summed E-state index contributed by atoms with van der Waals surface area (Å²) in [5, 5.41) is 20.2. The minimum atomic E-state index is -0.361. The smallest absolute Gasteiger partial charge is 0.306 e. The van der Waals surface area contributed by atoms with Gasteiger partial charge in [0, 0.05) is 18.2 Å². The van der Waals surface area contributed by atoms with Gasteiger partial charge in [-0.15, -0.1) is 0 Å². The van der Waals surface area contributed by atoms with Crippen molar-refractivity contribution in [2.45, 2.75) is 64.3 Å². The number of carbonyl (C=O) groups is 1. The molecule has 0 unspecified atom stereocenters. The molecule has 1 saturated carbocycles. The number of ether oxygens (including phenoxy) is 1. The Balaban J connectivity index is 1.94. The van der Waals surface area contributed by atoms with Gasteiger partial charge in [-0.25, -0.2) is 0 Å². The van der Waals surface area contributed by atoms with E-state index >= 15 is 0 Å². The van der Waals surface area contributed by atoms with Gasteiger partial charge in [0.25, 0.3) is 5.56 Å². The van der Waals surface area contributed by atoms with Crippen LogP contribution in [0.4, 0.5) is 0 Å². The molecule has 0 spiro atoms. The molecule has 0 bridgehead atoms. The Bertz CT molecular complexity index is 926. The molecule has 0 amide bonds. The van der Waals surface area contributed by atoms with Crippen LogP contribution in [0.25, 0.3) is 0 Å². The second-order valence-corrected chi connectivity index (χ2v) is 8.24. The van der Waals surface area contributed by atoms with E-state index in [1.807, 2.05) is 12.1 Å². The van der Waals surface area contributed by atoms with Gasteiger partial charge in [0.2, 0.25) is 0 Å². The summed E-state index contributed by atoms with van der Waals surface area (Å²) in [4.78, 5) is 25.6. The van der Waals surface area contributed by atoms with E-state index in [1.165, 1.54) is 7.11 Å². The van der Waals surface area contributed by atoms with E-state index in [1.54, 1.807) is 29.7 Å². The van der Waals surface area contributed by atoms with Crippen LogP contribution in [-0.4, -0.2) is 27.9 Å². The van der Waals surface area contributed by atoms with Crippen LogP contribution in [0.5, 0.6) is 11.5 Å². The van der Waals surface area contributed by atoms with Gasteiger partial charge in [0.05, 0.1) is 19.1 Å². The van der Waals surface area contributed by atoms with E-state index in [2.05, 4.69) is 0 Å². The molecule has 0 radical (unpaired) electrons. The standard InChI is InChI=1S/C24H31NO5/c1-16-14-21(27)23(20(15-22(28)30-2)18-6-4-3-5-7-18)24(29)25(16)13-12-17-8-10-19(26)11-9-17/h8-11,14,18,20,26-27H,3-7,12-13,15H2,1-2H3/t20-/m0/s1. The fourth-order valence-corrected chi connectivity index (χ4v) is 4.60. The van der Waals surface area contributed by atoms with Gasteiger partial charge in [0.1, 0.15) is 11.5 Å². The first-order valence-corrected chi connectivity index (χ1v) is 10.7. The van der Waals surface area contributed by atoms with Gasteiger partial charge in [-0.1, -0.05) is 31.4 Å². The Hall–Kier alpha value is -2.76. The number of hydrogen-bond acceptors (Lipinski definition) is 5. The number of hydrogen-bond donors (Lipinski definition) is 2. The third-order valence-electron chi connectivity index (χ3n) is 6.29. The first-order valence-electron chi connectivity index (χ1n) is 10.7. The number of esters is 1. The zero-order chi connectivity index (χ0) is 21.7. The van der Waals surface area contributed by atoms with Crippen molar-refractivity contribution in [3.05, 3.63) is 57.5 Å². The third-order valence-corrected chi connectivity index (χ3v) is 6.29. The highest BCUT2D eigenvalue weighted by Crippen LogP contribution is 2.40. The van der Waals surface area contributed by atoms with Crippen molar-refractivity contribution in [1.82, 2.24) is 4.57 Å². The number of carbonyl (C=O) groups excluding carboxylic acids is 1. The molecule has 2 N–H and O–H groups in total. The molecule has 0 saturated heterocycles. The van der Waals surface area contributed by atoms with Crippen LogP contribution in [-0.2, 0) is 22.5 Å². The van der Waals surface area contributed by atoms with Crippen molar-refractivity contribution in [2.75, 3.05) is 7.11 Å². The number of aromatic nitrogens is 1. The second kappa shape index (κ2) is 9.83. The van der Waals surface area contributed by atoms with Gasteiger partial charge < -0.3 is 19.5 Å². The molecule has 1 aromatic carbocycles. The van der Waals surface area contributed by atoms with E-state index in [9.17, 15) is 19.8 Å². The predicted molar refractivity (Wildman–Crippen MR) is 115 cm³/mol. The Morgan fingerprint density at radius 3 is 2.47 bits per heavy atom. The zero-order valence-electron chi connectivity index (χ0n) is 17.8. The van der Waals surface area contributed by atoms with Gasteiger partial charge in [-0.2, -0.15) is 0 Å². The predicted octanol–water partition coefficient (Wildman–Crippen LogP) is 4.04. The molecule has 3 rings (SSSR count). The zero-order valence-corrected chi connectivity index (χ0v) is 17.8. The highest BCUT2D eigenvalue weighted by molar-refractivity contribution is 5.70.